The Morgan fingerprint density at radius 1 is 1.44 bits per heavy atom. The van der Waals surface area contributed by atoms with Gasteiger partial charge in [-0.05, 0) is 45.8 Å². The molecule has 0 aromatic heterocycles. The number of amides is 1. The van der Waals surface area contributed by atoms with Gasteiger partial charge in [0.05, 0.1) is 0 Å². The standard InChI is InChI=1S/C12H23N3O/c1-15-7-3-5-11(15)9-14-12(16)8-10-4-2-6-13-10/h10-11,13H,2-9H2,1H3,(H,14,16). The molecular weight excluding hydrogens is 202 g/mol. The molecule has 0 radical (unpaired) electrons. The Morgan fingerprint density at radius 3 is 2.94 bits per heavy atom. The second-order valence-electron chi connectivity index (χ2n) is 5.08. The lowest BCUT2D eigenvalue weighted by atomic mass is 10.1. The summed E-state index contributed by atoms with van der Waals surface area (Å²) in [5, 5.41) is 6.41. The zero-order valence-corrected chi connectivity index (χ0v) is 10.2. The molecule has 2 unspecified atom stereocenters. The first-order valence-corrected chi connectivity index (χ1v) is 6.46. The number of rotatable bonds is 4. The minimum atomic E-state index is 0.208. The van der Waals surface area contributed by atoms with E-state index in [4.69, 9.17) is 0 Å². The van der Waals surface area contributed by atoms with E-state index in [9.17, 15) is 4.79 Å². The Kier molecular flexibility index (Phi) is 4.18. The molecule has 0 aromatic rings. The molecule has 0 spiro atoms. The summed E-state index contributed by atoms with van der Waals surface area (Å²) in [6.07, 6.45) is 5.50. The summed E-state index contributed by atoms with van der Waals surface area (Å²) < 4.78 is 0. The molecule has 0 saturated carbocycles. The van der Waals surface area contributed by atoms with Crippen LogP contribution in [0.2, 0.25) is 0 Å². The summed E-state index contributed by atoms with van der Waals surface area (Å²) >= 11 is 0. The van der Waals surface area contributed by atoms with Gasteiger partial charge in [0, 0.05) is 25.0 Å². The van der Waals surface area contributed by atoms with Gasteiger partial charge in [-0.25, -0.2) is 0 Å². The lowest BCUT2D eigenvalue weighted by molar-refractivity contribution is -0.121. The molecule has 2 atom stereocenters. The summed E-state index contributed by atoms with van der Waals surface area (Å²) in [5.41, 5.74) is 0. The third kappa shape index (κ3) is 3.19. The van der Waals surface area contributed by atoms with Crippen LogP contribution >= 0.6 is 0 Å². The lowest BCUT2D eigenvalue weighted by Gasteiger charge is -2.20. The number of likely N-dealkylation sites (N-methyl/N-ethyl adjacent to an activating group) is 1. The van der Waals surface area contributed by atoms with Gasteiger partial charge in [-0.15, -0.1) is 0 Å². The number of likely N-dealkylation sites (tertiary alicyclic amines) is 1. The molecule has 0 aliphatic carbocycles. The molecule has 1 amide bonds. The molecule has 4 nitrogen and oxygen atoms in total. The number of nitrogens with zero attached hydrogens (tertiary/aromatic N) is 1. The van der Waals surface area contributed by atoms with E-state index in [1.807, 2.05) is 0 Å². The molecule has 16 heavy (non-hydrogen) atoms. The van der Waals surface area contributed by atoms with E-state index >= 15 is 0 Å². The highest BCUT2D eigenvalue weighted by atomic mass is 16.1. The van der Waals surface area contributed by atoms with Crippen molar-refractivity contribution in [3.8, 4) is 0 Å². The van der Waals surface area contributed by atoms with E-state index in [1.54, 1.807) is 0 Å². The summed E-state index contributed by atoms with van der Waals surface area (Å²) in [6.45, 7) is 3.07. The van der Waals surface area contributed by atoms with Gasteiger partial charge >= 0.3 is 0 Å². The van der Waals surface area contributed by atoms with Crippen molar-refractivity contribution in [2.45, 2.75) is 44.2 Å². The number of carbonyl (C=O) groups excluding carboxylic acids is 1. The van der Waals surface area contributed by atoms with Crippen molar-refractivity contribution in [3.05, 3.63) is 0 Å². The van der Waals surface area contributed by atoms with Gasteiger partial charge in [-0.1, -0.05) is 0 Å². The predicted octanol–water partition coefficient (Wildman–Crippen LogP) is 0.339. The first-order chi connectivity index (χ1) is 7.75. The Labute approximate surface area is 97.8 Å². The molecule has 0 aromatic carbocycles. The van der Waals surface area contributed by atoms with Crippen LogP contribution in [-0.2, 0) is 4.79 Å². The van der Waals surface area contributed by atoms with Gasteiger partial charge in [0.2, 0.25) is 5.91 Å². The van der Waals surface area contributed by atoms with E-state index in [0.717, 1.165) is 19.5 Å². The molecule has 2 saturated heterocycles. The van der Waals surface area contributed by atoms with E-state index in [-0.39, 0.29) is 5.91 Å². The monoisotopic (exact) mass is 225 g/mol. The molecular formula is C12H23N3O. The van der Waals surface area contributed by atoms with Crippen molar-refractivity contribution in [3.63, 3.8) is 0 Å². The number of hydrogen-bond acceptors (Lipinski definition) is 3. The molecule has 2 fully saturated rings. The predicted molar refractivity (Wildman–Crippen MR) is 64.3 cm³/mol. The first-order valence-electron chi connectivity index (χ1n) is 6.46. The fourth-order valence-electron chi connectivity index (χ4n) is 2.70. The van der Waals surface area contributed by atoms with Crippen molar-refractivity contribution in [1.82, 2.24) is 15.5 Å². The van der Waals surface area contributed by atoms with Gasteiger partial charge in [0.25, 0.3) is 0 Å². The smallest absolute Gasteiger partial charge is 0.221 e. The van der Waals surface area contributed by atoms with Gasteiger partial charge in [-0.2, -0.15) is 0 Å². The number of carbonyl (C=O) groups is 1. The topological polar surface area (TPSA) is 44.4 Å². The lowest BCUT2D eigenvalue weighted by Crippen LogP contribution is -2.40. The highest BCUT2D eigenvalue weighted by molar-refractivity contribution is 5.76. The highest BCUT2D eigenvalue weighted by Gasteiger charge is 2.22. The van der Waals surface area contributed by atoms with Gasteiger partial charge in [-0.3, -0.25) is 4.79 Å². The van der Waals surface area contributed by atoms with Crippen LogP contribution in [-0.4, -0.2) is 49.6 Å². The molecule has 4 heteroatoms. The van der Waals surface area contributed by atoms with Gasteiger partial charge < -0.3 is 15.5 Å². The van der Waals surface area contributed by atoms with Crippen LogP contribution in [0, 0.1) is 0 Å². The Morgan fingerprint density at radius 2 is 2.31 bits per heavy atom. The summed E-state index contributed by atoms with van der Waals surface area (Å²) in [4.78, 5) is 14.0. The summed E-state index contributed by atoms with van der Waals surface area (Å²) in [5.74, 6) is 0.208. The van der Waals surface area contributed by atoms with Crippen molar-refractivity contribution in [2.24, 2.45) is 0 Å². The van der Waals surface area contributed by atoms with E-state index in [2.05, 4.69) is 22.6 Å². The van der Waals surface area contributed by atoms with Gasteiger partial charge in [0.15, 0.2) is 0 Å². The molecule has 2 rings (SSSR count). The van der Waals surface area contributed by atoms with E-state index in [1.165, 1.54) is 25.8 Å². The summed E-state index contributed by atoms with van der Waals surface area (Å²) in [6, 6.07) is 0.974. The van der Waals surface area contributed by atoms with Gasteiger partial charge in [0.1, 0.15) is 0 Å². The van der Waals surface area contributed by atoms with Crippen molar-refractivity contribution in [2.75, 3.05) is 26.7 Å². The van der Waals surface area contributed by atoms with Crippen LogP contribution in [0.15, 0.2) is 0 Å². The highest BCUT2D eigenvalue weighted by Crippen LogP contribution is 2.14. The maximum Gasteiger partial charge on any atom is 0.221 e. The Hall–Kier alpha value is -0.610. The van der Waals surface area contributed by atoms with Crippen molar-refractivity contribution < 1.29 is 4.79 Å². The molecule has 2 aliphatic rings. The SMILES string of the molecule is CN1CCCC1CNC(=O)CC1CCCN1. The van der Waals surface area contributed by atoms with Crippen LogP contribution in [0.4, 0.5) is 0 Å². The molecule has 2 N–H and O–H groups in total. The summed E-state index contributed by atoms with van der Waals surface area (Å²) in [7, 11) is 2.14. The Balaban J connectivity index is 1.63. The van der Waals surface area contributed by atoms with Crippen LogP contribution < -0.4 is 10.6 Å². The minimum Gasteiger partial charge on any atom is -0.354 e. The zero-order valence-electron chi connectivity index (χ0n) is 10.2. The van der Waals surface area contributed by atoms with E-state index in [0.29, 0.717) is 18.5 Å². The quantitative estimate of drug-likeness (QED) is 0.725. The molecule has 2 aliphatic heterocycles. The van der Waals surface area contributed by atoms with E-state index < -0.39 is 0 Å². The fraction of sp³-hybridized carbons (Fsp3) is 0.917. The van der Waals surface area contributed by atoms with Crippen LogP contribution in [0.1, 0.15) is 32.1 Å². The fourth-order valence-corrected chi connectivity index (χ4v) is 2.70. The number of nitrogens with one attached hydrogen (secondary N) is 2. The van der Waals surface area contributed by atoms with Crippen LogP contribution in [0.25, 0.3) is 0 Å². The largest absolute Gasteiger partial charge is 0.354 e. The second kappa shape index (κ2) is 5.64. The zero-order chi connectivity index (χ0) is 11.4. The number of hydrogen-bond donors (Lipinski definition) is 2. The average Bonchev–Trinajstić information content (AvgIpc) is 2.87. The molecule has 0 bridgehead atoms. The third-order valence-corrected chi connectivity index (χ3v) is 3.80. The average molecular weight is 225 g/mol. The van der Waals surface area contributed by atoms with Crippen LogP contribution in [0.5, 0.6) is 0 Å². The maximum absolute atomic E-state index is 11.7. The van der Waals surface area contributed by atoms with Crippen molar-refractivity contribution >= 4 is 5.91 Å². The molecule has 92 valence electrons. The second-order valence-corrected chi connectivity index (χ2v) is 5.08. The normalized spacial score (nSPS) is 30.8. The maximum atomic E-state index is 11.7. The first kappa shape index (κ1) is 11.9. The Bertz CT molecular complexity index is 238. The van der Waals surface area contributed by atoms with Crippen molar-refractivity contribution in [1.29, 1.82) is 0 Å². The third-order valence-electron chi connectivity index (χ3n) is 3.80. The van der Waals surface area contributed by atoms with Crippen LogP contribution in [0.3, 0.4) is 0 Å². The molecule has 2 heterocycles. The minimum absolute atomic E-state index is 0.208.